The molecule has 1 aromatic carbocycles. The van der Waals surface area contributed by atoms with E-state index in [1.54, 1.807) is 6.20 Å². The number of hydrogen-bond acceptors (Lipinski definition) is 1. The molecule has 0 unspecified atom stereocenters. The Hall–Kier alpha value is -1.35. The van der Waals surface area contributed by atoms with Crippen molar-refractivity contribution >= 4 is 37.7 Å². The summed E-state index contributed by atoms with van der Waals surface area (Å²) in [7, 11) is 0. The molecule has 1 N–H and O–H groups in total. The number of benzene rings is 1. The van der Waals surface area contributed by atoms with Crippen LogP contribution in [-0.4, -0.2) is 9.97 Å². The molecule has 68 valence electrons. The molecule has 0 aliphatic rings. The van der Waals surface area contributed by atoms with Crippen LogP contribution in [-0.2, 0) is 0 Å². The van der Waals surface area contributed by atoms with Crippen molar-refractivity contribution in [1.82, 2.24) is 9.97 Å². The zero-order valence-electron chi connectivity index (χ0n) is 7.29. The van der Waals surface area contributed by atoms with Gasteiger partial charge in [-0.3, -0.25) is 4.98 Å². The van der Waals surface area contributed by atoms with E-state index in [4.69, 9.17) is 0 Å². The van der Waals surface area contributed by atoms with E-state index < -0.39 is 0 Å². The molecule has 2 aromatic heterocycles. The normalized spacial score (nSPS) is 11.2. The molecule has 0 bridgehead atoms. The number of fused-ring (bicyclic) bond motifs is 3. The second kappa shape index (κ2) is 2.82. The van der Waals surface area contributed by atoms with Gasteiger partial charge >= 0.3 is 0 Å². The van der Waals surface area contributed by atoms with Crippen molar-refractivity contribution < 1.29 is 0 Å². The van der Waals surface area contributed by atoms with Crippen molar-refractivity contribution in [1.29, 1.82) is 0 Å². The minimum absolute atomic E-state index is 1.09. The topological polar surface area (TPSA) is 28.7 Å². The quantitative estimate of drug-likeness (QED) is 0.647. The Morgan fingerprint density at radius 1 is 1.07 bits per heavy atom. The van der Waals surface area contributed by atoms with E-state index in [9.17, 15) is 0 Å². The minimum atomic E-state index is 1.09. The lowest BCUT2D eigenvalue weighted by molar-refractivity contribution is 1.36. The molecule has 0 fully saturated rings. The van der Waals surface area contributed by atoms with Gasteiger partial charge in [0.1, 0.15) is 0 Å². The lowest BCUT2D eigenvalue weighted by atomic mass is 10.2. The first-order chi connectivity index (χ1) is 6.84. The number of hydrogen-bond donors (Lipinski definition) is 1. The summed E-state index contributed by atoms with van der Waals surface area (Å²) < 4.78 is 1.09. The van der Waals surface area contributed by atoms with Gasteiger partial charge in [0.15, 0.2) is 0 Å². The Kier molecular flexibility index (Phi) is 1.61. The summed E-state index contributed by atoms with van der Waals surface area (Å²) in [5.74, 6) is 0. The minimum Gasteiger partial charge on any atom is -0.354 e. The number of nitrogens with zero attached hydrogens (tertiary/aromatic N) is 1. The highest BCUT2D eigenvalue weighted by Crippen LogP contribution is 2.26. The molecule has 0 saturated heterocycles. The van der Waals surface area contributed by atoms with Crippen molar-refractivity contribution in [2.45, 2.75) is 0 Å². The molecule has 2 heterocycles. The molecule has 0 spiro atoms. The maximum absolute atomic E-state index is 4.13. The molecule has 0 aliphatic carbocycles. The van der Waals surface area contributed by atoms with Crippen molar-refractivity contribution in [2.75, 3.05) is 0 Å². The van der Waals surface area contributed by atoms with Crippen LogP contribution in [0.3, 0.4) is 0 Å². The summed E-state index contributed by atoms with van der Waals surface area (Å²) in [5.41, 5.74) is 2.28. The van der Waals surface area contributed by atoms with Crippen LogP contribution in [0.4, 0.5) is 0 Å². The molecule has 0 atom stereocenters. The highest BCUT2D eigenvalue weighted by molar-refractivity contribution is 9.10. The van der Waals surface area contributed by atoms with Crippen LogP contribution in [0.1, 0.15) is 0 Å². The smallest absolute Gasteiger partial charge is 0.0495 e. The molecule has 3 aromatic rings. The predicted molar refractivity (Wildman–Crippen MR) is 61.3 cm³/mol. The van der Waals surface area contributed by atoms with Gasteiger partial charge in [-0.25, -0.2) is 0 Å². The predicted octanol–water partition coefficient (Wildman–Crippen LogP) is 3.48. The third-order valence-corrected chi connectivity index (χ3v) is 2.86. The second-order valence-corrected chi connectivity index (χ2v) is 4.15. The Morgan fingerprint density at radius 3 is 2.86 bits per heavy atom. The molecule has 3 rings (SSSR count). The standard InChI is InChI=1S/C11H7BrN2/c12-7-1-2-10-8(5-7)9-6-13-4-3-11(9)14-10/h1-6,14H. The third kappa shape index (κ3) is 1.06. The summed E-state index contributed by atoms with van der Waals surface area (Å²) in [6.07, 6.45) is 3.69. The van der Waals surface area contributed by atoms with Crippen molar-refractivity contribution in [2.24, 2.45) is 0 Å². The number of rotatable bonds is 0. The Balaban J connectivity index is 2.58. The van der Waals surface area contributed by atoms with Gasteiger partial charge in [-0.15, -0.1) is 0 Å². The molecular formula is C11H7BrN2. The molecule has 0 radical (unpaired) electrons. The van der Waals surface area contributed by atoms with Gasteiger partial charge in [0, 0.05) is 38.7 Å². The molecular weight excluding hydrogens is 240 g/mol. The van der Waals surface area contributed by atoms with Gasteiger partial charge in [0.05, 0.1) is 0 Å². The van der Waals surface area contributed by atoms with Crippen molar-refractivity contribution in [3.63, 3.8) is 0 Å². The lowest BCUT2D eigenvalue weighted by Crippen LogP contribution is -1.69. The fourth-order valence-electron chi connectivity index (χ4n) is 1.71. The number of aromatic amines is 1. The van der Waals surface area contributed by atoms with E-state index in [2.05, 4.69) is 38.0 Å². The summed E-state index contributed by atoms with van der Waals surface area (Å²) >= 11 is 3.47. The molecule has 0 saturated carbocycles. The lowest BCUT2D eigenvalue weighted by Gasteiger charge is -1.91. The fraction of sp³-hybridized carbons (Fsp3) is 0. The zero-order chi connectivity index (χ0) is 9.54. The summed E-state index contributed by atoms with van der Waals surface area (Å²) in [6, 6.07) is 8.20. The van der Waals surface area contributed by atoms with Crippen molar-refractivity contribution in [3.05, 3.63) is 41.1 Å². The van der Waals surface area contributed by atoms with Gasteiger partial charge in [-0.05, 0) is 24.3 Å². The van der Waals surface area contributed by atoms with Crippen LogP contribution in [0.2, 0.25) is 0 Å². The van der Waals surface area contributed by atoms with Crippen LogP contribution in [0, 0.1) is 0 Å². The van der Waals surface area contributed by atoms with Crippen LogP contribution in [0.25, 0.3) is 21.8 Å². The van der Waals surface area contributed by atoms with Crippen LogP contribution in [0.15, 0.2) is 41.1 Å². The van der Waals surface area contributed by atoms with Gasteiger partial charge < -0.3 is 4.98 Å². The average molecular weight is 247 g/mol. The monoisotopic (exact) mass is 246 g/mol. The maximum Gasteiger partial charge on any atom is 0.0495 e. The summed E-state index contributed by atoms with van der Waals surface area (Å²) in [6.45, 7) is 0. The zero-order valence-corrected chi connectivity index (χ0v) is 8.88. The maximum atomic E-state index is 4.13. The Labute approximate surface area is 89.1 Å². The second-order valence-electron chi connectivity index (χ2n) is 3.24. The highest BCUT2D eigenvalue weighted by atomic mass is 79.9. The first kappa shape index (κ1) is 8.00. The highest BCUT2D eigenvalue weighted by Gasteiger charge is 2.03. The SMILES string of the molecule is Brc1ccc2[nH]c3ccncc3c2c1. The van der Waals surface area contributed by atoms with Crippen molar-refractivity contribution in [3.8, 4) is 0 Å². The summed E-state index contributed by atoms with van der Waals surface area (Å²) in [5, 5.41) is 2.38. The van der Waals surface area contributed by atoms with Gasteiger partial charge in [0.2, 0.25) is 0 Å². The van der Waals surface area contributed by atoms with E-state index in [0.717, 1.165) is 15.5 Å². The molecule has 0 amide bonds. The van der Waals surface area contributed by atoms with Crippen LogP contribution >= 0.6 is 15.9 Å². The first-order valence-electron chi connectivity index (χ1n) is 4.35. The number of nitrogens with one attached hydrogen (secondary N) is 1. The van der Waals surface area contributed by atoms with Crippen LogP contribution in [0.5, 0.6) is 0 Å². The first-order valence-corrected chi connectivity index (χ1v) is 5.15. The van der Waals surface area contributed by atoms with E-state index in [0.29, 0.717) is 0 Å². The number of halogens is 1. The Bertz CT molecular complexity index is 613. The number of aromatic nitrogens is 2. The largest absolute Gasteiger partial charge is 0.354 e. The molecule has 14 heavy (non-hydrogen) atoms. The average Bonchev–Trinajstić information content (AvgIpc) is 2.56. The van der Waals surface area contributed by atoms with E-state index >= 15 is 0 Å². The molecule has 2 nitrogen and oxygen atoms in total. The van der Waals surface area contributed by atoms with E-state index in [-0.39, 0.29) is 0 Å². The van der Waals surface area contributed by atoms with Gasteiger partial charge in [-0.1, -0.05) is 15.9 Å². The Morgan fingerprint density at radius 2 is 1.93 bits per heavy atom. The van der Waals surface area contributed by atoms with E-state index in [1.165, 1.54) is 10.8 Å². The van der Waals surface area contributed by atoms with E-state index in [1.807, 2.05) is 18.3 Å². The molecule has 0 aliphatic heterocycles. The van der Waals surface area contributed by atoms with Gasteiger partial charge in [-0.2, -0.15) is 0 Å². The summed E-state index contributed by atoms with van der Waals surface area (Å²) in [4.78, 5) is 7.47. The van der Waals surface area contributed by atoms with Gasteiger partial charge in [0.25, 0.3) is 0 Å². The van der Waals surface area contributed by atoms with Crippen LogP contribution < -0.4 is 0 Å². The number of H-pyrrole nitrogens is 1. The fourth-order valence-corrected chi connectivity index (χ4v) is 2.07. The molecule has 3 heteroatoms. The number of pyridine rings is 1. The third-order valence-electron chi connectivity index (χ3n) is 2.36.